The fraction of sp³-hybridized carbons (Fsp3) is 0.0250. The Labute approximate surface area is 468 Å². The predicted molar refractivity (Wildman–Crippen MR) is 341 cm³/mol. The van der Waals surface area contributed by atoms with Gasteiger partial charge in [0.2, 0.25) is 0 Å². The van der Waals surface area contributed by atoms with Gasteiger partial charge in [0, 0.05) is 0 Å². The maximum absolute atomic E-state index is 2.48. The minimum absolute atomic E-state index is 1.18. The van der Waals surface area contributed by atoms with Crippen molar-refractivity contribution in [3.63, 3.8) is 0 Å². The van der Waals surface area contributed by atoms with Gasteiger partial charge in [-0.05, 0) is 198 Å². The highest BCUT2D eigenvalue weighted by molar-refractivity contribution is 6.40. The first-order valence-corrected chi connectivity index (χ1v) is 27.9. The van der Waals surface area contributed by atoms with E-state index >= 15 is 0 Å². The predicted octanol–water partition coefficient (Wildman–Crippen LogP) is 21.4. The monoisotopic (exact) mass is 1010 g/mol. The van der Waals surface area contributed by atoms with Crippen LogP contribution in [0.5, 0.6) is 0 Å². The molecule has 0 N–H and O–H groups in total. The molecule has 0 amide bonds. The molecule has 2 aliphatic rings. The van der Waals surface area contributed by atoms with E-state index < -0.39 is 0 Å². The topological polar surface area (TPSA) is 0 Å². The first-order chi connectivity index (χ1) is 39.6. The quantitative estimate of drug-likeness (QED) is 0.135. The van der Waals surface area contributed by atoms with Gasteiger partial charge in [-0.1, -0.05) is 273 Å². The number of rotatable bonds is 9. The summed E-state index contributed by atoms with van der Waals surface area (Å²) in [5.74, 6) is 0. The number of hydrogen-bond acceptors (Lipinski definition) is 0. The van der Waals surface area contributed by atoms with Crippen LogP contribution in [0, 0.1) is 13.8 Å². The van der Waals surface area contributed by atoms with Crippen LogP contribution in [0.1, 0.15) is 44.5 Å². The number of benzene rings is 13. The fourth-order valence-electron chi connectivity index (χ4n) is 13.5. The number of allylic oxidation sites excluding steroid dienone is 5. The summed E-state index contributed by atoms with van der Waals surface area (Å²) in [5, 5.41) is 7.42. The van der Waals surface area contributed by atoms with Crippen LogP contribution >= 0.6 is 0 Å². The second-order valence-electron chi connectivity index (χ2n) is 21.4. The zero-order valence-corrected chi connectivity index (χ0v) is 44.7. The molecule has 0 unspecified atom stereocenters. The third-order valence-corrected chi connectivity index (χ3v) is 16.9. The van der Waals surface area contributed by atoms with E-state index in [0.29, 0.717) is 0 Å². The Hall–Kier alpha value is -10.1. The van der Waals surface area contributed by atoms with E-state index in [2.05, 4.69) is 305 Å². The van der Waals surface area contributed by atoms with Gasteiger partial charge in [-0.3, -0.25) is 0 Å². The van der Waals surface area contributed by atoms with E-state index in [0.717, 1.165) is 0 Å². The zero-order valence-electron chi connectivity index (χ0n) is 44.7. The number of hydrogen-bond donors (Lipinski definition) is 0. The highest BCUT2D eigenvalue weighted by Crippen LogP contribution is 2.64. The Bertz CT molecular complexity index is 4720. The molecule has 0 aromatic heterocycles. The fourth-order valence-corrected chi connectivity index (χ4v) is 13.5. The van der Waals surface area contributed by atoms with Gasteiger partial charge in [0.05, 0.1) is 0 Å². The normalized spacial score (nSPS) is 13.0. The lowest BCUT2D eigenvalue weighted by atomic mass is 9.78. The van der Waals surface area contributed by atoms with Crippen LogP contribution in [0.25, 0.3) is 116 Å². The van der Waals surface area contributed by atoms with Crippen molar-refractivity contribution in [2.24, 2.45) is 0 Å². The molecule has 13 aromatic rings. The third kappa shape index (κ3) is 7.67. The summed E-state index contributed by atoms with van der Waals surface area (Å²) >= 11 is 0. The summed E-state index contributed by atoms with van der Waals surface area (Å²) in [5.41, 5.74) is 29.6. The Balaban J connectivity index is 1.12. The molecule has 0 saturated carbocycles. The van der Waals surface area contributed by atoms with Crippen molar-refractivity contribution >= 4 is 60.2 Å². The second-order valence-corrected chi connectivity index (χ2v) is 21.4. The molecule has 2 aliphatic carbocycles. The first-order valence-electron chi connectivity index (χ1n) is 27.9. The Morgan fingerprint density at radius 2 is 0.450 bits per heavy atom. The molecule has 13 aromatic carbocycles. The smallest absolute Gasteiger partial charge is 0.000116 e. The van der Waals surface area contributed by atoms with Crippen molar-refractivity contribution in [3.8, 4) is 55.6 Å². The van der Waals surface area contributed by atoms with Gasteiger partial charge in [-0.15, -0.1) is 0 Å². The van der Waals surface area contributed by atoms with Gasteiger partial charge in [0.15, 0.2) is 0 Å². The molecule has 0 heterocycles. The molecule has 0 heteroatoms. The lowest BCUT2D eigenvalue weighted by molar-refractivity contribution is 1.34. The van der Waals surface area contributed by atoms with Gasteiger partial charge in [0.25, 0.3) is 0 Å². The average Bonchev–Trinajstić information content (AvgIpc) is 4.28. The molecule has 0 bridgehead atoms. The van der Waals surface area contributed by atoms with Gasteiger partial charge in [-0.2, -0.15) is 0 Å². The van der Waals surface area contributed by atoms with Crippen molar-refractivity contribution in [1.82, 2.24) is 0 Å². The molecular weight excluding hydrogens is 961 g/mol. The Kier molecular flexibility index (Phi) is 11.4. The van der Waals surface area contributed by atoms with E-state index in [1.807, 2.05) is 0 Å². The van der Waals surface area contributed by atoms with E-state index in [4.69, 9.17) is 0 Å². The molecule has 0 atom stereocenters. The second kappa shape index (κ2) is 19.4. The summed E-state index contributed by atoms with van der Waals surface area (Å²) in [6.07, 6.45) is 0. The molecule has 0 fully saturated rings. The van der Waals surface area contributed by atoms with Crippen LogP contribution in [-0.4, -0.2) is 0 Å². The summed E-state index contributed by atoms with van der Waals surface area (Å²) in [7, 11) is 0. The third-order valence-electron chi connectivity index (χ3n) is 16.9. The largest absolute Gasteiger partial charge is 0.0622 e. The molecule has 0 radical (unpaired) electrons. The van der Waals surface area contributed by atoms with Crippen molar-refractivity contribution in [2.75, 3.05) is 0 Å². The van der Waals surface area contributed by atoms with Gasteiger partial charge < -0.3 is 0 Å². The van der Waals surface area contributed by atoms with E-state index in [1.54, 1.807) is 0 Å². The van der Waals surface area contributed by atoms with Crippen LogP contribution in [0.15, 0.2) is 297 Å². The first kappa shape index (κ1) is 47.1. The van der Waals surface area contributed by atoms with Crippen LogP contribution in [-0.2, 0) is 0 Å². The molecule has 0 nitrogen and oxygen atoms in total. The Morgan fingerprint density at radius 3 is 0.863 bits per heavy atom. The highest BCUT2D eigenvalue weighted by atomic mass is 14.5. The Morgan fingerprint density at radius 1 is 0.175 bits per heavy atom. The van der Waals surface area contributed by atoms with Gasteiger partial charge in [-0.25, -0.2) is 0 Å². The average molecular weight is 1020 g/mol. The summed E-state index contributed by atoms with van der Waals surface area (Å²) < 4.78 is 0. The van der Waals surface area contributed by atoms with Crippen LogP contribution in [0.3, 0.4) is 0 Å². The van der Waals surface area contributed by atoms with Crippen LogP contribution in [0.2, 0.25) is 0 Å². The van der Waals surface area contributed by atoms with Gasteiger partial charge in [0.1, 0.15) is 0 Å². The maximum atomic E-state index is 2.48. The van der Waals surface area contributed by atoms with Crippen molar-refractivity contribution in [2.45, 2.75) is 13.8 Å². The van der Waals surface area contributed by atoms with Crippen molar-refractivity contribution in [1.29, 1.82) is 0 Å². The molecule has 0 saturated heterocycles. The molecule has 15 rings (SSSR count). The molecular formula is C80H54. The van der Waals surface area contributed by atoms with Crippen molar-refractivity contribution < 1.29 is 0 Å². The van der Waals surface area contributed by atoms with Gasteiger partial charge >= 0.3 is 0 Å². The number of fused-ring (bicyclic) bond motifs is 6. The minimum Gasteiger partial charge on any atom is -0.0622 e. The van der Waals surface area contributed by atoms with Crippen LogP contribution < -0.4 is 0 Å². The summed E-state index contributed by atoms with van der Waals surface area (Å²) in [6.45, 7) is 4.79. The van der Waals surface area contributed by atoms with Crippen LogP contribution in [0.4, 0.5) is 0 Å². The molecule has 374 valence electrons. The SMILES string of the molecule is Cc1c2c(c(C)c(-c3ccccc3)c1-c1ccccc1)C(c1cccc(-c3cccc4ccccc34)c1)=C1C(c3cccc(-c4cccc5ccccc45)c3)=C(c3cccc(-c4cccc5ccccc45)c3)C(c3ccccc3)=C12. The van der Waals surface area contributed by atoms with Crippen molar-refractivity contribution in [3.05, 3.63) is 341 Å². The molecule has 80 heavy (non-hydrogen) atoms. The lowest BCUT2D eigenvalue weighted by Gasteiger charge is -2.24. The summed E-state index contributed by atoms with van der Waals surface area (Å²) in [6, 6.07) is 108. The maximum Gasteiger partial charge on any atom is -0.000116 e. The molecule has 0 spiro atoms. The lowest BCUT2D eigenvalue weighted by Crippen LogP contribution is -2.03. The minimum atomic E-state index is 1.18. The van der Waals surface area contributed by atoms with E-state index in [1.165, 1.54) is 166 Å². The zero-order chi connectivity index (χ0) is 53.3. The molecule has 0 aliphatic heterocycles. The van der Waals surface area contributed by atoms with E-state index in [9.17, 15) is 0 Å². The van der Waals surface area contributed by atoms with E-state index in [-0.39, 0.29) is 0 Å². The highest BCUT2D eigenvalue weighted by Gasteiger charge is 2.43. The summed E-state index contributed by atoms with van der Waals surface area (Å²) in [4.78, 5) is 0. The standard InChI is InChI=1S/C80H54/c1-51-71(56-27-6-3-7-28-56)72(57-29-8-4-9-30-57)52(2)74-73(51)76(62-39-18-36-59(48-62)68-45-21-33-53-24-12-15-42-65(53)68)80-78(64-41-20-38-61(50-64)70-47-23-35-55-26-14-17-44-67(55)70)77(75(79(74)80)58-31-10-5-11-32-58)63-40-19-37-60(49-63)69-46-22-34-54-25-13-16-43-66(54)69/h3-50H,1-2H3.